The molecule has 0 aromatic rings. The summed E-state index contributed by atoms with van der Waals surface area (Å²) in [6, 6.07) is 0. The van der Waals surface area contributed by atoms with E-state index in [4.69, 9.17) is 20.1 Å². The molecule has 0 bridgehead atoms. The van der Waals surface area contributed by atoms with Crippen LogP contribution in [0.15, 0.2) is 0 Å². The van der Waals surface area contributed by atoms with Crippen molar-refractivity contribution in [2.24, 2.45) is 0 Å². The van der Waals surface area contributed by atoms with Crippen LogP contribution in [0.4, 0.5) is 13.2 Å². The van der Waals surface area contributed by atoms with Gasteiger partial charge in [-0.15, -0.1) is 0 Å². The molecular weight excluding hydrogens is 207 g/mol. The average molecular weight is 219 g/mol. The Balaban J connectivity index is 0. The first kappa shape index (κ1) is 15.6. The largest absolute Gasteiger partial charge is 0.490 e. The Kier molecular flexibility index (Phi) is 7.33. The van der Waals surface area contributed by atoms with Crippen LogP contribution in [-0.2, 0) is 4.79 Å². The topological polar surface area (TPSA) is 89.8 Å². The molecule has 2 atom stereocenters. The molecule has 0 aromatic heterocycles. The third-order valence-electron chi connectivity index (χ3n) is 0.725. The highest BCUT2D eigenvalue weighted by Gasteiger charge is 2.38. The summed E-state index contributed by atoms with van der Waals surface area (Å²) in [7, 11) is 0. The van der Waals surface area contributed by atoms with Crippen LogP contribution in [0.5, 0.6) is 0 Å². The van der Waals surface area contributed by atoms with Crippen molar-refractivity contribution in [3.8, 4) is 0 Å². The average Bonchev–Trinajstić information content (AvgIpc) is 1.81. The first-order valence-electron chi connectivity index (χ1n) is 3.49. The number of halogens is 3. The second kappa shape index (κ2) is 6.57. The molecule has 0 aliphatic rings. The number of hydrogen-bond acceptors (Lipinski definition) is 4. The van der Waals surface area contributed by atoms with E-state index in [1.165, 1.54) is 0 Å². The van der Waals surface area contributed by atoms with Crippen LogP contribution in [0.1, 0.15) is 13.8 Å². The van der Waals surface area contributed by atoms with E-state index in [0.29, 0.717) is 0 Å². The maximum absolute atomic E-state index is 10.6. The molecule has 0 spiro atoms. The van der Waals surface area contributed by atoms with Crippen molar-refractivity contribution in [2.45, 2.75) is 32.5 Å². The highest BCUT2D eigenvalue weighted by atomic mass is 19.4. The van der Waals surface area contributed by atoms with Gasteiger partial charge in [-0.3, -0.25) is 5.32 Å². The molecule has 14 heavy (non-hydrogen) atoms. The molecule has 0 aromatic carbocycles. The predicted molar refractivity (Wildman–Crippen MR) is 40.2 cm³/mol. The number of carboxylic acid groups (broad SMARTS) is 1. The molecule has 0 rings (SSSR count). The number of rotatable bonds is 2. The molecule has 8 heteroatoms. The fourth-order valence-electron chi connectivity index (χ4n) is 0.349. The Hall–Kier alpha value is -0.860. The van der Waals surface area contributed by atoms with E-state index < -0.39 is 24.6 Å². The van der Waals surface area contributed by atoms with Gasteiger partial charge < -0.3 is 15.3 Å². The number of nitrogens with one attached hydrogen (secondary N) is 1. The number of carboxylic acids is 1. The first-order chi connectivity index (χ1) is 6.07. The maximum Gasteiger partial charge on any atom is 0.490 e. The van der Waals surface area contributed by atoms with Crippen LogP contribution in [0, 0.1) is 0 Å². The minimum atomic E-state index is -5.08. The van der Waals surface area contributed by atoms with Crippen molar-refractivity contribution >= 4 is 5.97 Å². The summed E-state index contributed by atoms with van der Waals surface area (Å²) in [6.45, 7) is 3.10. The Morgan fingerprint density at radius 3 is 1.43 bits per heavy atom. The van der Waals surface area contributed by atoms with Gasteiger partial charge in [-0.25, -0.2) is 4.79 Å². The standard InChI is InChI=1S/C4H11NO2.C2HF3O2/c1-3(6)5-4(2)7;3-2(4,5)1(6)7/h3-7H,1-2H3;(H,6,7). The highest BCUT2D eigenvalue weighted by Crippen LogP contribution is 2.13. The van der Waals surface area contributed by atoms with Crippen molar-refractivity contribution in [2.75, 3.05) is 0 Å². The van der Waals surface area contributed by atoms with Crippen molar-refractivity contribution in [1.82, 2.24) is 5.32 Å². The van der Waals surface area contributed by atoms with Gasteiger partial charge in [0.2, 0.25) is 0 Å². The van der Waals surface area contributed by atoms with E-state index in [2.05, 4.69) is 5.32 Å². The third-order valence-corrected chi connectivity index (χ3v) is 0.725. The highest BCUT2D eigenvalue weighted by molar-refractivity contribution is 5.73. The molecule has 0 aliphatic heterocycles. The van der Waals surface area contributed by atoms with Gasteiger partial charge in [0.15, 0.2) is 0 Å². The van der Waals surface area contributed by atoms with Crippen LogP contribution in [0.3, 0.4) is 0 Å². The third kappa shape index (κ3) is 13.7. The zero-order chi connectivity index (χ0) is 11.9. The summed E-state index contributed by atoms with van der Waals surface area (Å²) >= 11 is 0. The molecule has 86 valence electrons. The molecule has 0 heterocycles. The number of hydrogen-bond donors (Lipinski definition) is 4. The summed E-state index contributed by atoms with van der Waals surface area (Å²) < 4.78 is 31.7. The van der Waals surface area contributed by atoms with E-state index in [1.807, 2.05) is 0 Å². The lowest BCUT2D eigenvalue weighted by molar-refractivity contribution is -0.192. The van der Waals surface area contributed by atoms with Crippen LogP contribution in [0.2, 0.25) is 0 Å². The molecule has 0 amide bonds. The maximum atomic E-state index is 10.6. The summed E-state index contributed by atoms with van der Waals surface area (Å²) in [6.07, 6.45) is -6.33. The number of carbonyl (C=O) groups is 1. The van der Waals surface area contributed by atoms with Gasteiger partial charge in [0, 0.05) is 0 Å². The van der Waals surface area contributed by atoms with Gasteiger partial charge >= 0.3 is 12.1 Å². The van der Waals surface area contributed by atoms with Gasteiger partial charge in [0.25, 0.3) is 0 Å². The zero-order valence-electron chi connectivity index (χ0n) is 7.54. The monoisotopic (exact) mass is 219 g/mol. The summed E-state index contributed by atoms with van der Waals surface area (Å²) in [5, 5.41) is 26.4. The van der Waals surface area contributed by atoms with Gasteiger partial charge in [-0.05, 0) is 13.8 Å². The number of aliphatic hydroxyl groups excluding tert-OH is 2. The minimum absolute atomic E-state index is 0.625. The minimum Gasteiger partial charge on any atom is -0.475 e. The lowest BCUT2D eigenvalue weighted by Gasteiger charge is -2.08. The fraction of sp³-hybridized carbons (Fsp3) is 0.833. The van der Waals surface area contributed by atoms with E-state index in [9.17, 15) is 13.2 Å². The second-order valence-corrected chi connectivity index (χ2v) is 2.32. The summed E-state index contributed by atoms with van der Waals surface area (Å²) in [4.78, 5) is 8.90. The van der Waals surface area contributed by atoms with Crippen molar-refractivity contribution in [1.29, 1.82) is 0 Å². The van der Waals surface area contributed by atoms with E-state index in [0.717, 1.165) is 0 Å². The van der Waals surface area contributed by atoms with Crippen LogP contribution < -0.4 is 5.32 Å². The molecule has 5 nitrogen and oxygen atoms in total. The zero-order valence-corrected chi connectivity index (χ0v) is 7.54. The lowest BCUT2D eigenvalue weighted by Crippen LogP contribution is -2.33. The van der Waals surface area contributed by atoms with Crippen molar-refractivity contribution in [3.05, 3.63) is 0 Å². The molecule has 0 radical (unpaired) electrons. The Labute approximate surface area is 78.2 Å². The van der Waals surface area contributed by atoms with Gasteiger partial charge in [-0.1, -0.05) is 0 Å². The number of alkyl halides is 3. The van der Waals surface area contributed by atoms with E-state index >= 15 is 0 Å². The van der Waals surface area contributed by atoms with Crippen LogP contribution in [-0.4, -0.2) is 39.9 Å². The number of aliphatic hydroxyl groups is 2. The van der Waals surface area contributed by atoms with E-state index in [1.54, 1.807) is 13.8 Å². The Morgan fingerprint density at radius 1 is 1.21 bits per heavy atom. The smallest absolute Gasteiger partial charge is 0.475 e. The molecule has 0 saturated carbocycles. The van der Waals surface area contributed by atoms with Gasteiger partial charge in [0.1, 0.15) is 12.5 Å². The Bertz CT molecular complexity index is 163. The van der Waals surface area contributed by atoms with E-state index in [-0.39, 0.29) is 0 Å². The first-order valence-corrected chi connectivity index (χ1v) is 3.49. The van der Waals surface area contributed by atoms with Crippen LogP contribution >= 0.6 is 0 Å². The molecule has 0 fully saturated rings. The van der Waals surface area contributed by atoms with Gasteiger partial charge in [-0.2, -0.15) is 13.2 Å². The SMILES string of the molecule is CC(O)NC(C)O.O=C(O)C(F)(F)F. The van der Waals surface area contributed by atoms with Crippen molar-refractivity contribution < 1.29 is 33.3 Å². The molecular formula is C6H12F3NO4. The summed E-state index contributed by atoms with van der Waals surface area (Å²) in [5.74, 6) is -2.76. The lowest BCUT2D eigenvalue weighted by atomic mass is 10.6. The second-order valence-electron chi connectivity index (χ2n) is 2.32. The molecule has 0 aliphatic carbocycles. The molecule has 2 unspecified atom stereocenters. The predicted octanol–water partition coefficient (Wildman–Crippen LogP) is -0.114. The Morgan fingerprint density at radius 2 is 1.43 bits per heavy atom. The molecule has 0 saturated heterocycles. The van der Waals surface area contributed by atoms with Crippen LogP contribution in [0.25, 0.3) is 0 Å². The normalized spacial score (nSPS) is 15.1. The summed E-state index contributed by atoms with van der Waals surface area (Å²) in [5.41, 5.74) is 0. The van der Waals surface area contributed by atoms with Crippen molar-refractivity contribution in [3.63, 3.8) is 0 Å². The fourth-order valence-corrected chi connectivity index (χ4v) is 0.349. The quantitative estimate of drug-likeness (QED) is 0.486. The van der Waals surface area contributed by atoms with Gasteiger partial charge in [0.05, 0.1) is 0 Å². The molecule has 4 N–H and O–H groups in total. The number of aliphatic carboxylic acids is 1.